The van der Waals surface area contributed by atoms with E-state index in [9.17, 15) is 31.7 Å². The highest BCUT2D eigenvalue weighted by Gasteiger charge is 2.40. The number of nitro groups is 1. The van der Waals surface area contributed by atoms with Gasteiger partial charge in [0.25, 0.3) is 9.05 Å². The first-order valence-electron chi connectivity index (χ1n) is 4.39. The lowest BCUT2D eigenvalue weighted by Gasteiger charge is -2.10. The van der Waals surface area contributed by atoms with E-state index >= 15 is 0 Å². The second-order valence-corrected chi connectivity index (χ2v) is 5.56. The van der Waals surface area contributed by atoms with Gasteiger partial charge in [-0.05, 0) is 4.92 Å². The Labute approximate surface area is 113 Å². The van der Waals surface area contributed by atoms with Crippen LogP contribution in [0.3, 0.4) is 0 Å². The summed E-state index contributed by atoms with van der Waals surface area (Å²) < 4.78 is 66.8. The van der Waals surface area contributed by atoms with Crippen molar-refractivity contribution in [2.75, 3.05) is 7.11 Å². The Kier molecular flexibility index (Phi) is 4.29. The molecule has 0 aliphatic heterocycles. The molecule has 0 aliphatic carbocycles. The number of ether oxygens (including phenoxy) is 2. The third-order valence-electron chi connectivity index (χ3n) is 1.76. The first kappa shape index (κ1) is 16.2. The summed E-state index contributed by atoms with van der Waals surface area (Å²) in [7, 11) is 1.07. The predicted octanol–water partition coefficient (Wildman–Crippen LogP) is 1.82. The summed E-state index contributed by atoms with van der Waals surface area (Å²) in [6.45, 7) is 0. The van der Waals surface area contributed by atoms with E-state index in [4.69, 9.17) is 10.7 Å². The van der Waals surface area contributed by atoms with Gasteiger partial charge in [-0.15, -0.1) is 13.2 Å². The van der Waals surface area contributed by atoms with Crippen LogP contribution in [0, 0.1) is 10.1 Å². The van der Waals surface area contributed by atoms with Crippen molar-refractivity contribution < 1.29 is 36.0 Å². The fraction of sp³-hybridized carbons (Fsp3) is 0.286. The van der Waals surface area contributed by atoms with E-state index in [2.05, 4.69) is 14.5 Å². The molecule has 0 saturated carbocycles. The number of hydrogen-bond acceptors (Lipinski definition) is 7. The third-order valence-corrected chi connectivity index (χ3v) is 3.08. The molecular weight excluding hydrogens is 333 g/mol. The number of hydrogen-bond donors (Lipinski definition) is 0. The molecule has 0 amide bonds. The van der Waals surface area contributed by atoms with E-state index < -0.39 is 42.7 Å². The maximum absolute atomic E-state index is 12.2. The van der Waals surface area contributed by atoms with Gasteiger partial charge in [0, 0.05) is 15.7 Å². The normalized spacial score (nSPS) is 12.1. The molecule has 1 heterocycles. The van der Waals surface area contributed by atoms with Gasteiger partial charge in [-0.3, -0.25) is 0 Å². The molecule has 0 N–H and O–H groups in total. The quantitative estimate of drug-likeness (QED) is 0.468. The van der Waals surface area contributed by atoms with Crippen LogP contribution in [0.25, 0.3) is 0 Å². The van der Waals surface area contributed by atoms with E-state index in [1.165, 1.54) is 0 Å². The average molecular weight is 337 g/mol. The fourth-order valence-corrected chi connectivity index (χ4v) is 2.23. The van der Waals surface area contributed by atoms with Crippen LogP contribution in [0.1, 0.15) is 0 Å². The van der Waals surface area contributed by atoms with Gasteiger partial charge >= 0.3 is 18.1 Å². The molecule has 0 saturated heterocycles. The van der Waals surface area contributed by atoms with Crippen molar-refractivity contribution in [3.05, 3.63) is 16.2 Å². The standard InChI is InChI=1S/C7H4ClF3N2O6S/c1-18-3-2-4(13(14)15)12-6(19-7(9,10)11)5(3)20(8,16)17/h2H,1H3. The zero-order valence-corrected chi connectivity index (χ0v) is 10.9. The number of rotatable bonds is 4. The molecule has 0 aromatic carbocycles. The summed E-state index contributed by atoms with van der Waals surface area (Å²) >= 11 is 0. The van der Waals surface area contributed by atoms with Gasteiger partial charge < -0.3 is 19.6 Å². The minimum absolute atomic E-state index is 0.499. The third kappa shape index (κ3) is 3.84. The molecule has 0 bridgehead atoms. The topological polar surface area (TPSA) is 109 Å². The molecule has 0 unspecified atom stereocenters. The lowest BCUT2D eigenvalue weighted by molar-refractivity contribution is -0.390. The summed E-state index contributed by atoms with van der Waals surface area (Å²) in [6.07, 6.45) is -5.33. The Bertz CT molecular complexity index is 647. The Balaban J connectivity index is 3.66. The van der Waals surface area contributed by atoms with Crippen LogP contribution in [0.2, 0.25) is 0 Å². The monoisotopic (exact) mass is 336 g/mol. The van der Waals surface area contributed by atoms with E-state index in [1.807, 2.05) is 0 Å². The highest BCUT2D eigenvalue weighted by Crippen LogP contribution is 2.38. The predicted molar refractivity (Wildman–Crippen MR) is 57.2 cm³/mol. The maximum atomic E-state index is 12.2. The van der Waals surface area contributed by atoms with Crippen molar-refractivity contribution in [1.82, 2.24) is 4.98 Å². The molecule has 0 atom stereocenters. The zero-order valence-electron chi connectivity index (χ0n) is 9.34. The van der Waals surface area contributed by atoms with E-state index in [-0.39, 0.29) is 0 Å². The van der Waals surface area contributed by atoms with E-state index in [0.29, 0.717) is 6.07 Å². The number of methoxy groups -OCH3 is 1. The summed E-state index contributed by atoms with van der Waals surface area (Å²) in [5, 5.41) is 10.5. The summed E-state index contributed by atoms with van der Waals surface area (Å²) in [6, 6.07) is 0.499. The number of alkyl halides is 3. The molecule has 13 heteroatoms. The largest absolute Gasteiger partial charge is 0.575 e. The Hall–Kier alpha value is -1.82. The first-order valence-corrected chi connectivity index (χ1v) is 6.70. The van der Waals surface area contributed by atoms with Crippen LogP contribution in [0.15, 0.2) is 11.0 Å². The van der Waals surface area contributed by atoms with Gasteiger partial charge in [0.15, 0.2) is 5.75 Å². The molecule has 8 nitrogen and oxygen atoms in total. The van der Waals surface area contributed by atoms with Crippen LogP contribution in [-0.2, 0) is 9.05 Å². The van der Waals surface area contributed by atoms with Crippen LogP contribution < -0.4 is 9.47 Å². The van der Waals surface area contributed by atoms with Crippen LogP contribution in [0.4, 0.5) is 19.0 Å². The second-order valence-electron chi connectivity index (χ2n) is 3.06. The van der Waals surface area contributed by atoms with Crippen LogP contribution in [-0.4, -0.2) is 31.8 Å². The number of nitrogens with zero attached hydrogens (tertiary/aromatic N) is 2. The molecular formula is C7H4ClF3N2O6S. The molecule has 0 radical (unpaired) electrons. The molecule has 112 valence electrons. The lowest BCUT2D eigenvalue weighted by atomic mass is 10.4. The lowest BCUT2D eigenvalue weighted by Crippen LogP contribution is -2.20. The minimum Gasteiger partial charge on any atom is -0.495 e. The van der Waals surface area contributed by atoms with E-state index in [1.54, 1.807) is 0 Å². The van der Waals surface area contributed by atoms with Crippen LogP contribution in [0.5, 0.6) is 11.6 Å². The van der Waals surface area contributed by atoms with Crippen molar-refractivity contribution >= 4 is 25.6 Å². The Morgan fingerprint density at radius 3 is 2.35 bits per heavy atom. The van der Waals surface area contributed by atoms with Gasteiger partial charge in [0.1, 0.15) is 0 Å². The van der Waals surface area contributed by atoms with Gasteiger partial charge in [-0.25, -0.2) is 8.42 Å². The molecule has 1 rings (SSSR count). The van der Waals surface area contributed by atoms with Gasteiger partial charge in [0.05, 0.1) is 13.2 Å². The summed E-state index contributed by atoms with van der Waals surface area (Å²) in [5.41, 5.74) is 0. The van der Waals surface area contributed by atoms with Crippen molar-refractivity contribution in [2.45, 2.75) is 11.3 Å². The zero-order chi connectivity index (χ0) is 15.7. The smallest absolute Gasteiger partial charge is 0.495 e. The highest BCUT2D eigenvalue weighted by atomic mass is 35.7. The summed E-state index contributed by atoms with van der Waals surface area (Å²) in [4.78, 5) is 10.9. The highest BCUT2D eigenvalue weighted by molar-refractivity contribution is 8.13. The number of pyridine rings is 1. The molecule has 1 aromatic heterocycles. The second kappa shape index (κ2) is 5.28. The van der Waals surface area contributed by atoms with Crippen LogP contribution >= 0.6 is 10.7 Å². The molecule has 0 fully saturated rings. The SMILES string of the molecule is COc1cc([N+](=O)[O-])nc(OC(F)(F)F)c1S(=O)(=O)Cl. The maximum Gasteiger partial charge on any atom is 0.575 e. The fourth-order valence-electron chi connectivity index (χ4n) is 1.12. The van der Waals surface area contributed by atoms with Gasteiger partial charge in [-0.1, -0.05) is 0 Å². The molecule has 0 spiro atoms. The van der Waals surface area contributed by atoms with Crippen molar-refractivity contribution in [2.24, 2.45) is 0 Å². The molecule has 0 aliphatic rings. The van der Waals surface area contributed by atoms with E-state index in [0.717, 1.165) is 7.11 Å². The Morgan fingerprint density at radius 2 is 2.00 bits per heavy atom. The number of aromatic nitrogens is 1. The molecule has 1 aromatic rings. The first-order chi connectivity index (χ1) is 8.95. The van der Waals surface area contributed by atoms with Crippen molar-refractivity contribution in [3.8, 4) is 11.6 Å². The number of halogens is 4. The average Bonchev–Trinajstić information content (AvgIpc) is 2.23. The minimum atomic E-state index is -5.33. The Morgan fingerprint density at radius 1 is 1.45 bits per heavy atom. The summed E-state index contributed by atoms with van der Waals surface area (Å²) in [5.74, 6) is -3.51. The van der Waals surface area contributed by atoms with Crippen molar-refractivity contribution in [1.29, 1.82) is 0 Å². The van der Waals surface area contributed by atoms with Gasteiger partial charge in [0.2, 0.25) is 4.90 Å². The van der Waals surface area contributed by atoms with Gasteiger partial charge in [-0.2, -0.15) is 0 Å². The molecule has 20 heavy (non-hydrogen) atoms. The van der Waals surface area contributed by atoms with Crippen molar-refractivity contribution in [3.63, 3.8) is 0 Å².